The Morgan fingerprint density at radius 2 is 1.33 bits per heavy atom. The first-order valence-corrected chi connectivity index (χ1v) is 11.3. The number of ether oxygens (including phenoxy) is 3. The van der Waals surface area contributed by atoms with E-state index >= 15 is 0 Å². The molecule has 5 nitrogen and oxygen atoms in total. The van der Waals surface area contributed by atoms with Crippen molar-refractivity contribution in [3.8, 4) is 0 Å². The van der Waals surface area contributed by atoms with Crippen molar-refractivity contribution in [3.05, 3.63) is 0 Å². The molecule has 2 fully saturated rings. The molecular formula is C22H40O5. The molecule has 0 aromatic rings. The number of aliphatic hydroxyl groups is 1. The molecule has 0 unspecified atom stereocenters. The van der Waals surface area contributed by atoms with E-state index < -0.39 is 6.10 Å². The fourth-order valence-electron chi connectivity index (χ4n) is 4.06. The van der Waals surface area contributed by atoms with Crippen molar-refractivity contribution in [2.24, 2.45) is 0 Å². The molecule has 4 atom stereocenters. The topological polar surface area (TPSA) is 65.0 Å². The van der Waals surface area contributed by atoms with Crippen LogP contribution in [0.1, 0.15) is 96.8 Å². The van der Waals surface area contributed by atoms with Crippen LogP contribution in [0.15, 0.2) is 0 Å². The van der Waals surface area contributed by atoms with E-state index in [1.54, 1.807) is 0 Å². The number of unbranched alkanes of at least 4 members (excludes halogenated alkanes) is 12. The molecule has 158 valence electrons. The lowest BCUT2D eigenvalue weighted by Gasteiger charge is -2.16. The summed E-state index contributed by atoms with van der Waals surface area (Å²) in [4.78, 5) is 12.0. The zero-order valence-corrected chi connectivity index (χ0v) is 17.2. The van der Waals surface area contributed by atoms with E-state index in [0.717, 1.165) is 12.8 Å². The van der Waals surface area contributed by atoms with Crippen LogP contribution in [0, 0.1) is 0 Å². The van der Waals surface area contributed by atoms with Crippen molar-refractivity contribution < 1.29 is 24.1 Å². The zero-order valence-electron chi connectivity index (χ0n) is 17.2. The lowest BCUT2D eigenvalue weighted by Crippen LogP contribution is -2.34. The Morgan fingerprint density at radius 1 is 0.815 bits per heavy atom. The molecular weight excluding hydrogens is 344 g/mol. The summed E-state index contributed by atoms with van der Waals surface area (Å²) in [5.74, 6) is -0.169. The maximum absolute atomic E-state index is 12.0. The van der Waals surface area contributed by atoms with Gasteiger partial charge in [-0.2, -0.15) is 0 Å². The molecule has 0 aromatic carbocycles. The minimum Gasteiger partial charge on any atom is -0.457 e. The second-order valence-corrected chi connectivity index (χ2v) is 8.18. The van der Waals surface area contributed by atoms with E-state index in [2.05, 4.69) is 6.92 Å². The van der Waals surface area contributed by atoms with Crippen LogP contribution in [0.25, 0.3) is 0 Å². The third-order valence-electron chi connectivity index (χ3n) is 5.75. The summed E-state index contributed by atoms with van der Waals surface area (Å²) in [6.45, 7) is 2.86. The fraction of sp³-hybridized carbons (Fsp3) is 0.955. The molecule has 0 amide bonds. The van der Waals surface area contributed by atoms with Crippen molar-refractivity contribution in [3.63, 3.8) is 0 Å². The summed E-state index contributed by atoms with van der Waals surface area (Å²) < 4.78 is 16.4. The summed E-state index contributed by atoms with van der Waals surface area (Å²) in [5.41, 5.74) is 0. The van der Waals surface area contributed by atoms with E-state index in [1.165, 1.54) is 70.6 Å². The van der Waals surface area contributed by atoms with Gasteiger partial charge in [0.25, 0.3) is 0 Å². The monoisotopic (exact) mass is 384 g/mol. The lowest BCUT2D eigenvalue weighted by molar-refractivity contribution is -0.153. The molecule has 0 aliphatic carbocycles. The van der Waals surface area contributed by atoms with Crippen molar-refractivity contribution >= 4 is 5.97 Å². The van der Waals surface area contributed by atoms with Gasteiger partial charge in [-0.1, -0.05) is 84.0 Å². The number of carbonyl (C=O) groups is 1. The number of aliphatic hydroxyl groups excluding tert-OH is 1. The highest BCUT2D eigenvalue weighted by atomic mass is 16.6. The number of fused-ring (bicyclic) bond motifs is 1. The highest BCUT2D eigenvalue weighted by Gasteiger charge is 2.48. The Morgan fingerprint density at radius 3 is 1.93 bits per heavy atom. The van der Waals surface area contributed by atoms with Crippen molar-refractivity contribution in [2.45, 2.75) is 121 Å². The average Bonchev–Trinajstić information content (AvgIpc) is 3.22. The molecule has 2 aliphatic heterocycles. The van der Waals surface area contributed by atoms with Crippen LogP contribution in [0.4, 0.5) is 0 Å². The lowest BCUT2D eigenvalue weighted by atomic mass is 10.0. The number of rotatable bonds is 15. The van der Waals surface area contributed by atoms with E-state index in [0.29, 0.717) is 13.0 Å². The van der Waals surface area contributed by atoms with Gasteiger partial charge in [0, 0.05) is 6.42 Å². The van der Waals surface area contributed by atoms with Crippen molar-refractivity contribution in [1.82, 2.24) is 0 Å². The van der Waals surface area contributed by atoms with Crippen LogP contribution in [-0.4, -0.2) is 48.7 Å². The van der Waals surface area contributed by atoms with E-state index in [-0.39, 0.29) is 30.9 Å². The molecule has 2 rings (SSSR count). The van der Waals surface area contributed by atoms with Crippen LogP contribution in [-0.2, 0) is 19.0 Å². The first-order chi connectivity index (χ1) is 13.2. The summed E-state index contributed by atoms with van der Waals surface area (Å²) in [7, 11) is 0. The van der Waals surface area contributed by atoms with E-state index in [4.69, 9.17) is 14.2 Å². The van der Waals surface area contributed by atoms with Crippen molar-refractivity contribution in [2.75, 3.05) is 13.2 Å². The molecule has 0 saturated carbocycles. The Kier molecular flexibility index (Phi) is 11.3. The first kappa shape index (κ1) is 22.6. The summed E-state index contributed by atoms with van der Waals surface area (Å²) in [5, 5.41) is 9.70. The maximum Gasteiger partial charge on any atom is 0.306 e. The van der Waals surface area contributed by atoms with Crippen molar-refractivity contribution in [1.29, 1.82) is 0 Å². The average molecular weight is 385 g/mol. The summed E-state index contributed by atoms with van der Waals surface area (Å²) in [6.07, 6.45) is 15.7. The van der Waals surface area contributed by atoms with E-state index in [9.17, 15) is 9.90 Å². The standard InChI is InChI=1S/C22H40O5/c1-2-3-4-5-6-7-8-9-10-11-12-13-14-15-20(24)27-19-17-26-21-18(23)16-25-22(19)21/h18-19,21-23H,2-17H2,1H3/t18-,19+,21-,22-/m1/s1. The Hall–Kier alpha value is -0.650. The predicted octanol–water partition coefficient (Wildman–Crippen LogP) is 4.54. The van der Waals surface area contributed by atoms with Crippen LogP contribution < -0.4 is 0 Å². The highest BCUT2D eigenvalue weighted by molar-refractivity contribution is 5.69. The smallest absolute Gasteiger partial charge is 0.306 e. The highest BCUT2D eigenvalue weighted by Crippen LogP contribution is 2.29. The molecule has 5 heteroatoms. The summed E-state index contributed by atoms with van der Waals surface area (Å²) >= 11 is 0. The molecule has 1 N–H and O–H groups in total. The third kappa shape index (κ3) is 8.49. The SMILES string of the molecule is CCCCCCCCCCCCCCCC(=O)O[C@H]1CO[C@H]2[C@@H]1OC[C@H]2O. The fourth-order valence-corrected chi connectivity index (χ4v) is 4.06. The number of esters is 1. The van der Waals surface area contributed by atoms with Gasteiger partial charge >= 0.3 is 5.97 Å². The Labute approximate surface area is 165 Å². The van der Waals surface area contributed by atoms with Gasteiger partial charge in [-0.3, -0.25) is 4.79 Å². The Balaban J connectivity index is 1.36. The van der Waals surface area contributed by atoms with Gasteiger partial charge in [0.05, 0.1) is 13.2 Å². The summed E-state index contributed by atoms with van der Waals surface area (Å²) in [6, 6.07) is 0. The molecule has 2 saturated heterocycles. The van der Waals surface area contributed by atoms with Gasteiger partial charge in [-0.25, -0.2) is 0 Å². The molecule has 0 spiro atoms. The van der Waals surface area contributed by atoms with E-state index in [1.807, 2.05) is 0 Å². The predicted molar refractivity (Wildman–Crippen MR) is 106 cm³/mol. The zero-order chi connectivity index (χ0) is 19.3. The second kappa shape index (κ2) is 13.5. The molecule has 0 radical (unpaired) electrons. The number of hydrogen-bond acceptors (Lipinski definition) is 5. The number of carbonyl (C=O) groups excluding carboxylic acids is 1. The largest absolute Gasteiger partial charge is 0.457 e. The number of hydrogen-bond donors (Lipinski definition) is 1. The minimum absolute atomic E-state index is 0.169. The van der Waals surface area contributed by atoms with Gasteiger partial charge in [0.2, 0.25) is 0 Å². The Bertz CT molecular complexity index is 400. The van der Waals surface area contributed by atoms with Gasteiger partial charge < -0.3 is 19.3 Å². The van der Waals surface area contributed by atoms with Gasteiger partial charge in [0.1, 0.15) is 18.3 Å². The maximum atomic E-state index is 12.0. The third-order valence-corrected chi connectivity index (χ3v) is 5.75. The second-order valence-electron chi connectivity index (χ2n) is 8.18. The molecule has 2 heterocycles. The minimum atomic E-state index is -0.597. The molecule has 0 aromatic heterocycles. The molecule has 2 aliphatic rings. The van der Waals surface area contributed by atoms with Gasteiger partial charge in [-0.15, -0.1) is 0 Å². The van der Waals surface area contributed by atoms with Crippen LogP contribution in [0.2, 0.25) is 0 Å². The van der Waals surface area contributed by atoms with Crippen LogP contribution in [0.3, 0.4) is 0 Å². The van der Waals surface area contributed by atoms with Gasteiger partial charge in [-0.05, 0) is 6.42 Å². The van der Waals surface area contributed by atoms with Crippen LogP contribution in [0.5, 0.6) is 0 Å². The quantitative estimate of drug-likeness (QED) is 0.332. The van der Waals surface area contributed by atoms with Crippen LogP contribution >= 0.6 is 0 Å². The normalized spacial score (nSPS) is 27.0. The first-order valence-electron chi connectivity index (χ1n) is 11.3. The molecule has 0 bridgehead atoms. The molecule has 27 heavy (non-hydrogen) atoms. The van der Waals surface area contributed by atoms with Gasteiger partial charge in [0.15, 0.2) is 6.10 Å².